The molecule has 9 heteroatoms. The number of rotatable bonds is 8. The van der Waals surface area contributed by atoms with Gasteiger partial charge in [0, 0.05) is 41.7 Å². The van der Waals surface area contributed by atoms with Crippen molar-refractivity contribution in [3.05, 3.63) is 36.7 Å². The summed E-state index contributed by atoms with van der Waals surface area (Å²) in [7, 11) is 0. The third-order valence-corrected chi connectivity index (χ3v) is 7.10. The number of nitrogens with one attached hydrogen (secondary N) is 2. The van der Waals surface area contributed by atoms with Crippen LogP contribution in [0.5, 0.6) is 0 Å². The number of thioether (sulfide) groups is 2. The van der Waals surface area contributed by atoms with Gasteiger partial charge in [0.25, 0.3) is 0 Å². The van der Waals surface area contributed by atoms with Gasteiger partial charge >= 0.3 is 0 Å². The summed E-state index contributed by atoms with van der Waals surface area (Å²) in [6.45, 7) is 1.60. The van der Waals surface area contributed by atoms with Crippen molar-refractivity contribution in [1.82, 2.24) is 15.3 Å². The lowest BCUT2D eigenvalue weighted by Crippen LogP contribution is -2.41. The van der Waals surface area contributed by atoms with Crippen LogP contribution in [0.3, 0.4) is 0 Å². The smallest absolute Gasteiger partial charge is 0.234 e. The molecule has 1 saturated heterocycles. The minimum atomic E-state index is -0.0640. The summed E-state index contributed by atoms with van der Waals surface area (Å²) in [6, 6.07) is 10.1. The van der Waals surface area contributed by atoms with Crippen LogP contribution in [-0.2, 0) is 9.59 Å². The number of carbonyl (C=O) groups excluding carboxylic acids is 2. The van der Waals surface area contributed by atoms with Crippen LogP contribution in [0, 0.1) is 5.92 Å². The molecule has 0 bridgehead atoms. The Kier molecular flexibility index (Phi) is 7.34. The van der Waals surface area contributed by atoms with Crippen molar-refractivity contribution in [2.75, 3.05) is 35.3 Å². The maximum absolute atomic E-state index is 12.3. The lowest BCUT2D eigenvalue weighted by atomic mass is 9.96. The number of aromatic nitrogens is 2. The molecule has 0 spiro atoms. The molecular formula is C22H27N5O2S2. The first-order chi connectivity index (χ1) is 15.1. The van der Waals surface area contributed by atoms with Gasteiger partial charge in [-0.25, -0.2) is 9.97 Å². The molecule has 164 valence electrons. The van der Waals surface area contributed by atoms with E-state index in [2.05, 4.69) is 25.5 Å². The molecular weight excluding hydrogens is 430 g/mol. The molecule has 2 heterocycles. The lowest BCUT2D eigenvalue weighted by Gasteiger charge is -2.32. The van der Waals surface area contributed by atoms with Crippen LogP contribution < -0.4 is 15.5 Å². The maximum Gasteiger partial charge on any atom is 0.234 e. The van der Waals surface area contributed by atoms with Crippen LogP contribution in [0.15, 0.2) is 46.6 Å². The summed E-state index contributed by atoms with van der Waals surface area (Å²) in [6.07, 6.45) is 7.46. The Morgan fingerprint density at radius 3 is 2.68 bits per heavy atom. The first kappa shape index (κ1) is 22.0. The lowest BCUT2D eigenvalue weighted by molar-refractivity contribution is -0.125. The molecule has 2 fully saturated rings. The van der Waals surface area contributed by atoms with Crippen molar-refractivity contribution >= 4 is 46.8 Å². The van der Waals surface area contributed by atoms with Gasteiger partial charge in [-0.05, 0) is 50.1 Å². The van der Waals surface area contributed by atoms with E-state index in [0.717, 1.165) is 60.2 Å². The number of nitrogens with zero attached hydrogens (tertiary/aromatic N) is 3. The SMILES string of the molecule is CSc1cccc(NC(=O)CSc2cc(N3CCC(C(=O)NC4CC4)CC3)ncn2)c1. The van der Waals surface area contributed by atoms with E-state index in [4.69, 9.17) is 0 Å². The third-order valence-electron chi connectivity index (χ3n) is 5.45. The highest BCUT2D eigenvalue weighted by Crippen LogP contribution is 2.26. The van der Waals surface area contributed by atoms with Crippen molar-refractivity contribution in [3.8, 4) is 0 Å². The zero-order chi connectivity index (χ0) is 21.6. The number of carbonyl (C=O) groups is 2. The molecule has 0 radical (unpaired) electrons. The minimum absolute atomic E-state index is 0.0640. The first-order valence-corrected chi connectivity index (χ1v) is 12.8. The van der Waals surface area contributed by atoms with E-state index < -0.39 is 0 Å². The quantitative estimate of drug-likeness (QED) is 0.464. The Bertz CT molecular complexity index is 930. The second-order valence-corrected chi connectivity index (χ2v) is 9.70. The van der Waals surface area contributed by atoms with Crippen LogP contribution in [0.1, 0.15) is 25.7 Å². The monoisotopic (exact) mass is 457 g/mol. The summed E-state index contributed by atoms with van der Waals surface area (Å²) in [5.41, 5.74) is 0.800. The second kappa shape index (κ2) is 10.4. The molecule has 2 N–H and O–H groups in total. The van der Waals surface area contributed by atoms with Gasteiger partial charge < -0.3 is 15.5 Å². The van der Waals surface area contributed by atoms with Crippen LogP contribution in [0.2, 0.25) is 0 Å². The molecule has 31 heavy (non-hydrogen) atoms. The van der Waals surface area contributed by atoms with Gasteiger partial charge in [-0.2, -0.15) is 0 Å². The van der Waals surface area contributed by atoms with Crippen LogP contribution in [-0.4, -0.2) is 52.9 Å². The Balaban J connectivity index is 1.26. The van der Waals surface area contributed by atoms with E-state index in [-0.39, 0.29) is 23.5 Å². The molecule has 2 amide bonds. The van der Waals surface area contributed by atoms with E-state index in [1.54, 1.807) is 18.1 Å². The average molecular weight is 458 g/mol. The van der Waals surface area contributed by atoms with Gasteiger partial charge in [0.15, 0.2) is 0 Å². The maximum atomic E-state index is 12.3. The first-order valence-electron chi connectivity index (χ1n) is 10.5. The van der Waals surface area contributed by atoms with Gasteiger partial charge in [-0.1, -0.05) is 17.8 Å². The number of piperidine rings is 1. The van der Waals surface area contributed by atoms with Crippen molar-refractivity contribution in [1.29, 1.82) is 0 Å². The summed E-state index contributed by atoms with van der Waals surface area (Å²) in [5, 5.41) is 6.82. The predicted molar refractivity (Wildman–Crippen MR) is 126 cm³/mol. The average Bonchev–Trinajstić information content (AvgIpc) is 3.62. The molecule has 1 aromatic carbocycles. The van der Waals surface area contributed by atoms with Crippen molar-refractivity contribution < 1.29 is 9.59 Å². The molecule has 1 aliphatic carbocycles. The normalized spacial score (nSPS) is 16.7. The third kappa shape index (κ3) is 6.36. The molecule has 0 unspecified atom stereocenters. The molecule has 1 aliphatic heterocycles. The fourth-order valence-electron chi connectivity index (χ4n) is 3.54. The molecule has 2 aliphatic rings. The van der Waals surface area contributed by atoms with Crippen LogP contribution in [0.25, 0.3) is 0 Å². The number of hydrogen-bond donors (Lipinski definition) is 2. The molecule has 1 saturated carbocycles. The van der Waals surface area contributed by atoms with Crippen LogP contribution in [0.4, 0.5) is 11.5 Å². The van der Waals surface area contributed by atoms with Crippen molar-refractivity contribution in [2.45, 2.75) is 41.6 Å². The van der Waals surface area contributed by atoms with E-state index in [1.165, 1.54) is 11.8 Å². The van der Waals surface area contributed by atoms with Crippen molar-refractivity contribution in [2.24, 2.45) is 5.92 Å². The fourth-order valence-corrected chi connectivity index (χ4v) is 4.66. The topological polar surface area (TPSA) is 87.2 Å². The van der Waals surface area contributed by atoms with E-state index in [9.17, 15) is 9.59 Å². The zero-order valence-corrected chi connectivity index (χ0v) is 19.2. The summed E-state index contributed by atoms with van der Waals surface area (Å²) in [5.74, 6) is 1.37. The highest BCUT2D eigenvalue weighted by atomic mass is 32.2. The minimum Gasteiger partial charge on any atom is -0.356 e. The fraction of sp³-hybridized carbons (Fsp3) is 0.455. The number of anilines is 2. The largest absolute Gasteiger partial charge is 0.356 e. The summed E-state index contributed by atoms with van der Waals surface area (Å²) >= 11 is 3.04. The molecule has 1 aromatic heterocycles. The summed E-state index contributed by atoms with van der Waals surface area (Å²) < 4.78 is 0. The standard InChI is InChI=1S/C22H27N5O2S2/c1-30-18-4-2-3-17(11-18)25-20(28)13-31-21-12-19(23-14-24-21)27-9-7-15(8-10-27)22(29)26-16-5-6-16/h2-4,11-12,14-16H,5-10,13H2,1H3,(H,25,28)(H,26,29). The molecule has 4 rings (SSSR count). The van der Waals surface area contributed by atoms with Gasteiger partial charge in [-0.3, -0.25) is 9.59 Å². The number of amides is 2. The van der Waals surface area contributed by atoms with Gasteiger partial charge in [0.1, 0.15) is 17.2 Å². The Morgan fingerprint density at radius 1 is 1.13 bits per heavy atom. The van der Waals surface area contributed by atoms with Gasteiger partial charge in [-0.15, -0.1) is 11.8 Å². The molecule has 7 nitrogen and oxygen atoms in total. The number of benzene rings is 1. The highest BCUT2D eigenvalue weighted by Gasteiger charge is 2.30. The van der Waals surface area contributed by atoms with Gasteiger partial charge in [0.2, 0.25) is 11.8 Å². The Morgan fingerprint density at radius 2 is 1.94 bits per heavy atom. The highest BCUT2D eigenvalue weighted by molar-refractivity contribution is 8.00. The Hall–Kier alpha value is -2.26. The van der Waals surface area contributed by atoms with Crippen LogP contribution >= 0.6 is 23.5 Å². The molecule has 0 atom stereocenters. The van der Waals surface area contributed by atoms with E-state index in [0.29, 0.717) is 6.04 Å². The summed E-state index contributed by atoms with van der Waals surface area (Å²) in [4.78, 5) is 36.6. The zero-order valence-electron chi connectivity index (χ0n) is 17.5. The van der Waals surface area contributed by atoms with E-state index in [1.807, 2.05) is 36.6 Å². The predicted octanol–water partition coefficient (Wildman–Crippen LogP) is 3.42. The van der Waals surface area contributed by atoms with E-state index >= 15 is 0 Å². The van der Waals surface area contributed by atoms with Gasteiger partial charge in [0.05, 0.1) is 5.75 Å². The molecule has 2 aromatic rings. The van der Waals surface area contributed by atoms with Crippen molar-refractivity contribution in [3.63, 3.8) is 0 Å². The number of hydrogen-bond acceptors (Lipinski definition) is 7. The second-order valence-electron chi connectivity index (χ2n) is 7.83. The Labute approximate surface area is 191 Å².